The summed E-state index contributed by atoms with van der Waals surface area (Å²) in [6, 6.07) is 16.1. The Balaban J connectivity index is 1.46. The van der Waals surface area contributed by atoms with Crippen molar-refractivity contribution in [3.63, 3.8) is 0 Å². The van der Waals surface area contributed by atoms with E-state index in [0.29, 0.717) is 17.7 Å². The third-order valence-corrected chi connectivity index (χ3v) is 4.79. The van der Waals surface area contributed by atoms with Gasteiger partial charge in [0.05, 0.1) is 22.9 Å². The molecule has 0 fully saturated rings. The van der Waals surface area contributed by atoms with Crippen LogP contribution in [0.5, 0.6) is 5.75 Å². The van der Waals surface area contributed by atoms with Crippen molar-refractivity contribution in [3.05, 3.63) is 77.0 Å². The number of imidazole rings is 1. The Morgan fingerprint density at radius 1 is 0.968 bits per heavy atom. The summed E-state index contributed by atoms with van der Waals surface area (Å²) in [6.07, 6.45) is 1.30. The lowest BCUT2D eigenvalue weighted by Gasteiger charge is -2.07. The standard InChI is InChI=1S/C21H20N6O4/c1-2-25-15-10-6-7-11-16(15)26(21(25)31)13-18(29)22-23-20(30)19-17(28)12-27(24-19)14-8-4-3-5-9-14/h3-12,28H,2,13H2,1H3,(H,22,29)(H,23,30). The predicted octanol–water partition coefficient (Wildman–Crippen LogP) is 1.18. The van der Waals surface area contributed by atoms with E-state index in [1.807, 2.05) is 25.1 Å². The van der Waals surface area contributed by atoms with Gasteiger partial charge in [0.2, 0.25) is 0 Å². The second-order valence-electron chi connectivity index (χ2n) is 6.75. The van der Waals surface area contributed by atoms with Gasteiger partial charge in [-0.15, -0.1) is 0 Å². The first kappa shape index (κ1) is 20.0. The van der Waals surface area contributed by atoms with Gasteiger partial charge in [-0.1, -0.05) is 30.3 Å². The molecule has 0 aliphatic rings. The normalized spacial score (nSPS) is 10.9. The van der Waals surface area contributed by atoms with Crippen molar-refractivity contribution in [2.45, 2.75) is 20.0 Å². The van der Waals surface area contributed by atoms with Gasteiger partial charge in [0.15, 0.2) is 11.4 Å². The van der Waals surface area contributed by atoms with E-state index < -0.39 is 11.8 Å². The van der Waals surface area contributed by atoms with Crippen LogP contribution < -0.4 is 16.5 Å². The fourth-order valence-corrected chi connectivity index (χ4v) is 3.34. The fraction of sp³-hybridized carbons (Fsp3) is 0.143. The largest absolute Gasteiger partial charge is 0.504 e. The molecule has 0 unspecified atom stereocenters. The number of para-hydroxylation sites is 3. The molecule has 2 amide bonds. The number of nitrogens with one attached hydrogen (secondary N) is 2. The summed E-state index contributed by atoms with van der Waals surface area (Å²) in [6.45, 7) is 2.03. The Hall–Kier alpha value is -4.34. The zero-order chi connectivity index (χ0) is 22.0. The Labute approximate surface area is 176 Å². The summed E-state index contributed by atoms with van der Waals surface area (Å²) in [5, 5.41) is 14.1. The maximum absolute atomic E-state index is 12.6. The van der Waals surface area contributed by atoms with E-state index in [1.165, 1.54) is 15.4 Å². The van der Waals surface area contributed by atoms with Crippen LogP contribution >= 0.6 is 0 Å². The van der Waals surface area contributed by atoms with Crippen molar-refractivity contribution >= 4 is 22.8 Å². The number of rotatable bonds is 5. The third-order valence-electron chi connectivity index (χ3n) is 4.79. The van der Waals surface area contributed by atoms with Crippen LogP contribution in [0.2, 0.25) is 0 Å². The molecule has 0 saturated heterocycles. The van der Waals surface area contributed by atoms with E-state index in [0.717, 1.165) is 5.52 Å². The molecule has 2 aromatic heterocycles. The van der Waals surface area contributed by atoms with Crippen LogP contribution in [-0.4, -0.2) is 35.8 Å². The first-order valence-electron chi connectivity index (χ1n) is 9.61. The Bertz CT molecular complexity index is 1320. The average molecular weight is 420 g/mol. The van der Waals surface area contributed by atoms with Crippen LogP contribution in [0.1, 0.15) is 17.4 Å². The number of aryl methyl sites for hydroxylation is 1. The van der Waals surface area contributed by atoms with Gasteiger partial charge >= 0.3 is 5.69 Å². The smallest absolute Gasteiger partial charge is 0.329 e. The van der Waals surface area contributed by atoms with Gasteiger partial charge in [-0.2, -0.15) is 5.10 Å². The molecule has 4 aromatic rings. The number of nitrogens with zero attached hydrogens (tertiary/aromatic N) is 4. The van der Waals surface area contributed by atoms with Crippen molar-refractivity contribution in [2.24, 2.45) is 0 Å². The van der Waals surface area contributed by atoms with Gasteiger partial charge in [-0.25, -0.2) is 9.48 Å². The number of hydrogen-bond acceptors (Lipinski definition) is 5. The van der Waals surface area contributed by atoms with Crippen molar-refractivity contribution in [1.29, 1.82) is 0 Å². The number of hydrazine groups is 1. The summed E-state index contributed by atoms with van der Waals surface area (Å²) in [5.41, 5.74) is 5.92. The molecule has 10 heteroatoms. The molecule has 0 bridgehead atoms. The Kier molecular flexibility index (Phi) is 5.27. The maximum Gasteiger partial charge on any atom is 0.329 e. The van der Waals surface area contributed by atoms with Gasteiger partial charge in [0.1, 0.15) is 6.54 Å². The third kappa shape index (κ3) is 3.78. The minimum absolute atomic E-state index is 0.246. The van der Waals surface area contributed by atoms with E-state index >= 15 is 0 Å². The highest BCUT2D eigenvalue weighted by Gasteiger charge is 2.19. The molecular weight excluding hydrogens is 400 g/mol. The predicted molar refractivity (Wildman–Crippen MR) is 113 cm³/mol. The van der Waals surface area contributed by atoms with Gasteiger partial charge in [-0.05, 0) is 31.2 Å². The van der Waals surface area contributed by atoms with Crippen LogP contribution in [0.3, 0.4) is 0 Å². The molecule has 2 heterocycles. The van der Waals surface area contributed by atoms with E-state index in [9.17, 15) is 19.5 Å². The van der Waals surface area contributed by atoms with Crippen LogP contribution in [-0.2, 0) is 17.9 Å². The maximum atomic E-state index is 12.6. The van der Waals surface area contributed by atoms with E-state index in [2.05, 4.69) is 16.0 Å². The first-order valence-corrected chi connectivity index (χ1v) is 9.61. The lowest BCUT2D eigenvalue weighted by molar-refractivity contribution is -0.122. The first-order chi connectivity index (χ1) is 15.0. The van der Waals surface area contributed by atoms with Crippen molar-refractivity contribution in [1.82, 2.24) is 29.8 Å². The molecule has 3 N–H and O–H groups in total. The number of carbonyl (C=O) groups is 2. The Morgan fingerprint density at radius 2 is 1.61 bits per heavy atom. The highest BCUT2D eigenvalue weighted by molar-refractivity contribution is 5.96. The van der Waals surface area contributed by atoms with Crippen LogP contribution in [0.15, 0.2) is 65.6 Å². The minimum atomic E-state index is -0.788. The monoisotopic (exact) mass is 420 g/mol. The number of aromatic hydroxyl groups is 1. The molecule has 4 rings (SSSR count). The average Bonchev–Trinajstić information content (AvgIpc) is 3.30. The molecule has 0 saturated carbocycles. The number of fused-ring (bicyclic) bond motifs is 1. The van der Waals surface area contributed by atoms with Crippen molar-refractivity contribution < 1.29 is 14.7 Å². The van der Waals surface area contributed by atoms with Crippen LogP contribution in [0, 0.1) is 0 Å². The second kappa shape index (κ2) is 8.19. The number of benzene rings is 2. The van der Waals surface area contributed by atoms with Gasteiger partial charge in [0, 0.05) is 6.54 Å². The molecule has 31 heavy (non-hydrogen) atoms. The molecule has 0 aliphatic carbocycles. The molecule has 10 nitrogen and oxygen atoms in total. The number of aromatic nitrogens is 4. The molecule has 0 aliphatic heterocycles. The molecule has 0 atom stereocenters. The zero-order valence-electron chi connectivity index (χ0n) is 16.6. The Morgan fingerprint density at radius 3 is 2.29 bits per heavy atom. The van der Waals surface area contributed by atoms with Crippen LogP contribution in [0.25, 0.3) is 16.7 Å². The summed E-state index contributed by atoms with van der Waals surface area (Å²) < 4.78 is 4.25. The van der Waals surface area contributed by atoms with Crippen molar-refractivity contribution in [2.75, 3.05) is 0 Å². The molecule has 158 valence electrons. The zero-order valence-corrected chi connectivity index (χ0v) is 16.6. The topological polar surface area (TPSA) is 123 Å². The number of carbonyl (C=O) groups excluding carboxylic acids is 2. The highest BCUT2D eigenvalue weighted by atomic mass is 16.3. The summed E-state index contributed by atoms with van der Waals surface area (Å²) in [4.78, 5) is 37.3. The lowest BCUT2D eigenvalue weighted by Crippen LogP contribution is -2.44. The summed E-state index contributed by atoms with van der Waals surface area (Å²) in [7, 11) is 0. The summed E-state index contributed by atoms with van der Waals surface area (Å²) in [5.74, 6) is -1.72. The SMILES string of the molecule is CCn1c(=O)n(CC(=O)NNC(=O)c2nn(-c3ccccc3)cc2O)c2ccccc21. The number of hydrogen-bond donors (Lipinski definition) is 3. The molecular formula is C21H20N6O4. The van der Waals surface area contributed by atoms with E-state index in [-0.39, 0.29) is 23.7 Å². The van der Waals surface area contributed by atoms with Gasteiger partial charge in [-0.3, -0.25) is 29.6 Å². The van der Waals surface area contributed by atoms with Crippen LogP contribution in [0.4, 0.5) is 0 Å². The highest BCUT2D eigenvalue weighted by Crippen LogP contribution is 2.17. The van der Waals surface area contributed by atoms with Gasteiger partial charge in [0.25, 0.3) is 11.8 Å². The van der Waals surface area contributed by atoms with E-state index in [1.54, 1.807) is 41.0 Å². The quantitative estimate of drug-likeness (QED) is 0.418. The fourth-order valence-electron chi connectivity index (χ4n) is 3.34. The molecule has 0 spiro atoms. The molecule has 2 aromatic carbocycles. The van der Waals surface area contributed by atoms with Crippen molar-refractivity contribution in [3.8, 4) is 11.4 Å². The number of amides is 2. The lowest BCUT2D eigenvalue weighted by atomic mass is 10.3. The molecule has 0 radical (unpaired) electrons. The van der Waals surface area contributed by atoms with Gasteiger partial charge < -0.3 is 5.11 Å². The minimum Gasteiger partial charge on any atom is -0.504 e. The second-order valence-corrected chi connectivity index (χ2v) is 6.75. The summed E-state index contributed by atoms with van der Waals surface area (Å²) >= 11 is 0. The van der Waals surface area contributed by atoms with E-state index in [4.69, 9.17) is 0 Å².